The third-order valence-electron chi connectivity index (χ3n) is 2.76. The van der Waals surface area contributed by atoms with Crippen molar-refractivity contribution in [3.63, 3.8) is 0 Å². The van der Waals surface area contributed by atoms with Crippen molar-refractivity contribution in [3.8, 4) is 5.75 Å². The van der Waals surface area contributed by atoms with Crippen molar-refractivity contribution in [1.29, 1.82) is 0 Å². The van der Waals surface area contributed by atoms with E-state index < -0.39 is 11.9 Å². The van der Waals surface area contributed by atoms with Gasteiger partial charge in [-0.25, -0.2) is 4.39 Å². The average molecular weight is 346 g/mol. The largest absolute Gasteiger partial charge is 0.497 e. The molecule has 0 spiro atoms. The number of hydrogen-bond acceptors (Lipinski definition) is 2. The second kappa shape index (κ2) is 5.90. The fourth-order valence-corrected chi connectivity index (χ4v) is 2.23. The van der Waals surface area contributed by atoms with Gasteiger partial charge in [0.05, 0.1) is 12.1 Å². The molecule has 100 valence electrons. The van der Waals surface area contributed by atoms with Crippen LogP contribution in [0, 0.1) is 5.82 Å². The molecular formula is C14H11BrClFO2. The molecule has 0 aromatic heterocycles. The van der Waals surface area contributed by atoms with E-state index in [1.807, 2.05) is 0 Å². The summed E-state index contributed by atoms with van der Waals surface area (Å²) < 4.78 is 19.5. The van der Waals surface area contributed by atoms with E-state index >= 15 is 0 Å². The quantitative estimate of drug-likeness (QED) is 0.897. The van der Waals surface area contributed by atoms with Gasteiger partial charge in [-0.1, -0.05) is 17.7 Å². The average Bonchev–Trinajstić information content (AvgIpc) is 2.41. The van der Waals surface area contributed by atoms with E-state index in [0.717, 1.165) is 0 Å². The molecule has 1 N–H and O–H groups in total. The molecule has 2 aromatic carbocycles. The number of methoxy groups -OCH3 is 1. The van der Waals surface area contributed by atoms with Crippen molar-refractivity contribution in [2.45, 2.75) is 6.10 Å². The summed E-state index contributed by atoms with van der Waals surface area (Å²) in [5.74, 6) is -0.108. The maximum absolute atomic E-state index is 13.9. The van der Waals surface area contributed by atoms with Crippen LogP contribution < -0.4 is 4.74 Å². The van der Waals surface area contributed by atoms with E-state index in [9.17, 15) is 9.50 Å². The minimum Gasteiger partial charge on any atom is -0.497 e. The fraction of sp³-hybridized carbons (Fsp3) is 0.143. The van der Waals surface area contributed by atoms with Crippen molar-refractivity contribution in [1.82, 2.24) is 0 Å². The molecule has 2 aromatic rings. The predicted molar refractivity (Wildman–Crippen MR) is 76.2 cm³/mol. The highest BCUT2D eigenvalue weighted by atomic mass is 79.9. The summed E-state index contributed by atoms with van der Waals surface area (Å²) in [6.07, 6.45) is -1.06. The van der Waals surface area contributed by atoms with Crippen LogP contribution in [0.15, 0.2) is 40.9 Å². The second-order valence-electron chi connectivity index (χ2n) is 3.96. The van der Waals surface area contributed by atoms with Crippen molar-refractivity contribution in [3.05, 3.63) is 62.8 Å². The number of hydrogen-bond donors (Lipinski definition) is 1. The van der Waals surface area contributed by atoms with E-state index in [1.165, 1.54) is 19.2 Å². The van der Waals surface area contributed by atoms with Crippen molar-refractivity contribution >= 4 is 27.5 Å². The van der Waals surface area contributed by atoms with E-state index in [-0.39, 0.29) is 5.56 Å². The van der Waals surface area contributed by atoms with Gasteiger partial charge >= 0.3 is 0 Å². The number of aliphatic hydroxyl groups excluding tert-OH is 1. The molecule has 0 radical (unpaired) electrons. The number of benzene rings is 2. The number of ether oxygens (including phenoxy) is 1. The molecule has 0 saturated carbocycles. The van der Waals surface area contributed by atoms with Crippen LogP contribution in [-0.2, 0) is 0 Å². The fourth-order valence-electron chi connectivity index (χ4n) is 1.72. The van der Waals surface area contributed by atoms with E-state index in [0.29, 0.717) is 20.8 Å². The first kappa shape index (κ1) is 14.3. The number of halogens is 3. The highest BCUT2D eigenvalue weighted by molar-refractivity contribution is 9.10. The van der Waals surface area contributed by atoms with Crippen LogP contribution in [-0.4, -0.2) is 12.2 Å². The van der Waals surface area contributed by atoms with Crippen LogP contribution in [0.25, 0.3) is 0 Å². The summed E-state index contributed by atoms with van der Waals surface area (Å²) in [6, 6.07) is 9.31. The maximum Gasteiger partial charge on any atom is 0.133 e. The van der Waals surface area contributed by atoms with Crippen molar-refractivity contribution in [2.24, 2.45) is 0 Å². The Hall–Kier alpha value is -1.10. The van der Waals surface area contributed by atoms with E-state index in [1.54, 1.807) is 24.3 Å². The summed E-state index contributed by atoms with van der Waals surface area (Å²) in [6.45, 7) is 0. The molecule has 0 bridgehead atoms. The molecule has 0 heterocycles. The Morgan fingerprint density at radius 1 is 1.26 bits per heavy atom. The minimum absolute atomic E-state index is 0.190. The molecule has 0 saturated heterocycles. The van der Waals surface area contributed by atoms with Gasteiger partial charge in [0, 0.05) is 16.1 Å². The number of aliphatic hydroxyl groups is 1. The van der Waals surface area contributed by atoms with Gasteiger partial charge in [-0.05, 0) is 45.8 Å². The monoisotopic (exact) mass is 344 g/mol. The van der Waals surface area contributed by atoms with Gasteiger partial charge in [-0.3, -0.25) is 0 Å². The lowest BCUT2D eigenvalue weighted by molar-refractivity contribution is 0.214. The summed E-state index contributed by atoms with van der Waals surface area (Å²) in [5.41, 5.74) is 0.746. The predicted octanol–water partition coefficient (Wildman–Crippen LogP) is 4.33. The standard InChI is InChI=1S/C14H11BrClFO2/c1-19-9-3-4-10(13(17)7-9)14(18)8-2-5-12(16)11(15)6-8/h2-7,14,18H,1H3. The Balaban J connectivity index is 2.38. The van der Waals surface area contributed by atoms with Gasteiger partial charge in [0.25, 0.3) is 0 Å². The molecule has 0 aliphatic heterocycles. The SMILES string of the molecule is COc1ccc(C(O)c2ccc(Cl)c(Br)c2)c(F)c1. The minimum atomic E-state index is -1.06. The van der Waals surface area contributed by atoms with Gasteiger partial charge in [0.15, 0.2) is 0 Å². The zero-order valence-corrected chi connectivity index (χ0v) is 12.4. The molecule has 2 rings (SSSR count). The molecule has 2 nitrogen and oxygen atoms in total. The van der Waals surface area contributed by atoms with Gasteiger partial charge in [0.1, 0.15) is 17.7 Å². The lowest BCUT2D eigenvalue weighted by Gasteiger charge is -2.14. The van der Waals surface area contributed by atoms with E-state index in [4.69, 9.17) is 16.3 Å². The van der Waals surface area contributed by atoms with Crippen LogP contribution in [0.5, 0.6) is 5.75 Å². The Kier molecular flexibility index (Phi) is 4.45. The Labute approximate surface area is 123 Å². The second-order valence-corrected chi connectivity index (χ2v) is 5.23. The summed E-state index contributed by atoms with van der Waals surface area (Å²) in [5, 5.41) is 10.7. The molecule has 5 heteroatoms. The molecule has 0 aliphatic carbocycles. The summed E-state index contributed by atoms with van der Waals surface area (Å²) in [4.78, 5) is 0. The highest BCUT2D eigenvalue weighted by Crippen LogP contribution is 2.31. The van der Waals surface area contributed by atoms with Gasteiger partial charge in [-0.15, -0.1) is 0 Å². The molecule has 1 atom stereocenters. The molecule has 0 aliphatic rings. The van der Waals surface area contributed by atoms with Crippen LogP contribution in [0.3, 0.4) is 0 Å². The first-order chi connectivity index (χ1) is 9.02. The smallest absolute Gasteiger partial charge is 0.133 e. The number of rotatable bonds is 3. The van der Waals surface area contributed by atoms with Gasteiger partial charge < -0.3 is 9.84 Å². The molecule has 0 amide bonds. The van der Waals surface area contributed by atoms with Crippen molar-refractivity contribution < 1.29 is 14.2 Å². The topological polar surface area (TPSA) is 29.5 Å². The molecular weight excluding hydrogens is 335 g/mol. The zero-order chi connectivity index (χ0) is 14.0. The maximum atomic E-state index is 13.9. The molecule has 0 fully saturated rings. The first-order valence-corrected chi connectivity index (χ1v) is 6.66. The lowest BCUT2D eigenvalue weighted by atomic mass is 10.0. The lowest BCUT2D eigenvalue weighted by Crippen LogP contribution is -2.03. The van der Waals surface area contributed by atoms with Crippen LogP contribution >= 0.6 is 27.5 Å². The third-order valence-corrected chi connectivity index (χ3v) is 3.98. The highest BCUT2D eigenvalue weighted by Gasteiger charge is 2.16. The van der Waals surface area contributed by atoms with Crippen LogP contribution in [0.1, 0.15) is 17.2 Å². The Morgan fingerprint density at radius 3 is 2.58 bits per heavy atom. The van der Waals surface area contributed by atoms with Gasteiger partial charge in [0.2, 0.25) is 0 Å². The molecule has 1 unspecified atom stereocenters. The van der Waals surface area contributed by atoms with Gasteiger partial charge in [-0.2, -0.15) is 0 Å². The van der Waals surface area contributed by atoms with E-state index in [2.05, 4.69) is 15.9 Å². The normalized spacial score (nSPS) is 12.3. The van der Waals surface area contributed by atoms with Crippen LogP contribution in [0.2, 0.25) is 5.02 Å². The summed E-state index contributed by atoms with van der Waals surface area (Å²) in [7, 11) is 1.46. The van der Waals surface area contributed by atoms with Crippen LogP contribution in [0.4, 0.5) is 4.39 Å². The molecule has 19 heavy (non-hydrogen) atoms. The first-order valence-electron chi connectivity index (χ1n) is 5.49. The zero-order valence-electron chi connectivity index (χ0n) is 10.0. The van der Waals surface area contributed by atoms with Crippen molar-refractivity contribution in [2.75, 3.05) is 7.11 Å². The third kappa shape index (κ3) is 3.08. The Bertz CT molecular complexity index is 604. The summed E-state index contributed by atoms with van der Waals surface area (Å²) >= 11 is 9.15. The Morgan fingerprint density at radius 2 is 2.00 bits per heavy atom.